The number of hydrogen-bond donors (Lipinski definition) is 2. The highest BCUT2D eigenvalue weighted by Crippen LogP contribution is 2.17. The molecule has 5 nitrogen and oxygen atoms in total. The molecule has 0 unspecified atom stereocenters. The second-order valence-electron chi connectivity index (χ2n) is 4.90. The van der Waals surface area contributed by atoms with Gasteiger partial charge < -0.3 is 15.1 Å². The predicted octanol–water partition coefficient (Wildman–Crippen LogP) is 3.99. The van der Waals surface area contributed by atoms with Gasteiger partial charge in [-0.15, -0.1) is 0 Å². The Hall–Kier alpha value is -2.82. The van der Waals surface area contributed by atoms with Crippen LogP contribution in [0.3, 0.4) is 0 Å². The Balaban J connectivity index is 1.65. The van der Waals surface area contributed by atoms with Gasteiger partial charge in [-0.3, -0.25) is 0 Å². The van der Waals surface area contributed by atoms with Crippen molar-refractivity contribution in [3.05, 3.63) is 66.4 Å². The summed E-state index contributed by atoms with van der Waals surface area (Å²) in [5.74, 6) is 2.36. The zero-order chi connectivity index (χ0) is 15.2. The Bertz CT molecular complexity index is 708. The fraction of sp³-hybridized carbons (Fsp3) is 0.176. The van der Waals surface area contributed by atoms with Crippen LogP contribution in [0.25, 0.3) is 0 Å². The fourth-order valence-corrected chi connectivity index (χ4v) is 2.08. The van der Waals surface area contributed by atoms with Crippen LogP contribution in [0.2, 0.25) is 0 Å². The van der Waals surface area contributed by atoms with Crippen molar-refractivity contribution in [2.75, 3.05) is 10.6 Å². The summed E-state index contributed by atoms with van der Waals surface area (Å²) in [4.78, 5) is 8.44. The van der Waals surface area contributed by atoms with Crippen molar-refractivity contribution in [2.45, 2.75) is 19.9 Å². The number of furan rings is 1. The van der Waals surface area contributed by atoms with Gasteiger partial charge in [-0.05, 0) is 36.2 Å². The summed E-state index contributed by atoms with van der Waals surface area (Å²) in [6, 6.07) is 14.0. The molecule has 0 aliphatic rings. The maximum absolute atomic E-state index is 5.28. The number of rotatable bonds is 6. The number of aryl methyl sites for hydroxylation is 1. The van der Waals surface area contributed by atoms with E-state index >= 15 is 0 Å². The Labute approximate surface area is 129 Å². The number of hydrogen-bond acceptors (Lipinski definition) is 5. The van der Waals surface area contributed by atoms with E-state index in [-0.39, 0.29) is 0 Å². The minimum atomic E-state index is 0.592. The zero-order valence-electron chi connectivity index (χ0n) is 12.4. The van der Waals surface area contributed by atoms with Crippen molar-refractivity contribution in [1.82, 2.24) is 9.97 Å². The summed E-state index contributed by atoms with van der Waals surface area (Å²) >= 11 is 0. The van der Waals surface area contributed by atoms with Crippen LogP contribution in [-0.4, -0.2) is 9.97 Å². The number of aromatic nitrogens is 2. The SMILES string of the molecule is CCc1ccc(Nc2cc(NCc3ccco3)ncn2)cc1. The molecule has 5 heteroatoms. The van der Waals surface area contributed by atoms with E-state index in [1.807, 2.05) is 18.2 Å². The normalized spacial score (nSPS) is 10.4. The first kappa shape index (κ1) is 14.1. The van der Waals surface area contributed by atoms with Crippen molar-refractivity contribution in [2.24, 2.45) is 0 Å². The second kappa shape index (κ2) is 6.76. The largest absolute Gasteiger partial charge is 0.467 e. The average molecular weight is 294 g/mol. The summed E-state index contributed by atoms with van der Waals surface area (Å²) in [6.45, 7) is 2.73. The molecule has 22 heavy (non-hydrogen) atoms. The quantitative estimate of drug-likeness (QED) is 0.719. The van der Waals surface area contributed by atoms with Crippen LogP contribution < -0.4 is 10.6 Å². The van der Waals surface area contributed by atoms with E-state index in [2.05, 4.69) is 51.8 Å². The van der Waals surface area contributed by atoms with Gasteiger partial charge >= 0.3 is 0 Å². The Morgan fingerprint density at radius 1 is 1.05 bits per heavy atom. The molecule has 0 radical (unpaired) electrons. The van der Waals surface area contributed by atoms with Gasteiger partial charge in [-0.1, -0.05) is 19.1 Å². The minimum Gasteiger partial charge on any atom is -0.467 e. The van der Waals surface area contributed by atoms with Crippen LogP contribution in [-0.2, 0) is 13.0 Å². The van der Waals surface area contributed by atoms with Crippen molar-refractivity contribution in [3.8, 4) is 0 Å². The first-order valence-corrected chi connectivity index (χ1v) is 7.28. The average Bonchev–Trinajstić information content (AvgIpc) is 3.08. The van der Waals surface area contributed by atoms with Crippen LogP contribution in [0.1, 0.15) is 18.2 Å². The first-order chi connectivity index (χ1) is 10.8. The summed E-state index contributed by atoms with van der Waals surface area (Å²) in [5, 5.41) is 6.48. The minimum absolute atomic E-state index is 0.592. The van der Waals surface area contributed by atoms with Crippen molar-refractivity contribution >= 4 is 17.3 Å². The number of benzene rings is 1. The molecule has 2 N–H and O–H groups in total. The Morgan fingerprint density at radius 2 is 1.86 bits per heavy atom. The maximum atomic E-state index is 5.28. The fourth-order valence-electron chi connectivity index (χ4n) is 2.08. The van der Waals surface area contributed by atoms with E-state index in [1.54, 1.807) is 6.26 Å². The third-order valence-electron chi connectivity index (χ3n) is 3.33. The molecule has 3 rings (SSSR count). The molecule has 0 aliphatic carbocycles. The summed E-state index contributed by atoms with van der Waals surface area (Å²) < 4.78 is 5.28. The third kappa shape index (κ3) is 3.63. The molecule has 112 valence electrons. The van der Waals surface area contributed by atoms with Gasteiger partial charge in [-0.2, -0.15) is 0 Å². The van der Waals surface area contributed by atoms with Gasteiger partial charge in [0.2, 0.25) is 0 Å². The summed E-state index contributed by atoms with van der Waals surface area (Å²) in [5.41, 5.74) is 2.32. The monoisotopic (exact) mass is 294 g/mol. The molecular formula is C17H18N4O. The molecule has 0 spiro atoms. The molecule has 0 atom stereocenters. The Kier molecular flexibility index (Phi) is 4.34. The lowest BCUT2D eigenvalue weighted by atomic mass is 10.1. The van der Waals surface area contributed by atoms with Gasteiger partial charge in [0.05, 0.1) is 12.8 Å². The molecule has 0 aliphatic heterocycles. The van der Waals surface area contributed by atoms with Gasteiger partial charge in [0.1, 0.15) is 23.7 Å². The van der Waals surface area contributed by atoms with Gasteiger partial charge in [-0.25, -0.2) is 9.97 Å². The van der Waals surface area contributed by atoms with Gasteiger partial charge in [0.25, 0.3) is 0 Å². The van der Waals surface area contributed by atoms with E-state index < -0.39 is 0 Å². The highest BCUT2D eigenvalue weighted by Gasteiger charge is 2.01. The molecule has 0 fully saturated rings. The molecule has 0 amide bonds. The second-order valence-corrected chi connectivity index (χ2v) is 4.90. The van der Waals surface area contributed by atoms with Gasteiger partial charge in [0, 0.05) is 11.8 Å². The van der Waals surface area contributed by atoms with Crippen molar-refractivity contribution in [1.29, 1.82) is 0 Å². The van der Waals surface area contributed by atoms with Crippen LogP contribution in [0, 0.1) is 0 Å². The lowest BCUT2D eigenvalue weighted by Gasteiger charge is -2.08. The van der Waals surface area contributed by atoms with Crippen LogP contribution in [0.15, 0.2) is 59.5 Å². The smallest absolute Gasteiger partial charge is 0.135 e. The van der Waals surface area contributed by atoms with Crippen molar-refractivity contribution < 1.29 is 4.42 Å². The van der Waals surface area contributed by atoms with Crippen LogP contribution in [0.4, 0.5) is 17.3 Å². The van der Waals surface area contributed by atoms with Crippen LogP contribution in [0.5, 0.6) is 0 Å². The number of nitrogens with one attached hydrogen (secondary N) is 2. The third-order valence-corrected chi connectivity index (χ3v) is 3.33. The zero-order valence-corrected chi connectivity index (χ0v) is 12.4. The molecule has 0 bridgehead atoms. The highest BCUT2D eigenvalue weighted by molar-refractivity contribution is 5.59. The topological polar surface area (TPSA) is 63.0 Å². The summed E-state index contributed by atoms with van der Waals surface area (Å²) in [7, 11) is 0. The van der Waals surface area contributed by atoms with Gasteiger partial charge in [0.15, 0.2) is 0 Å². The molecule has 2 aromatic heterocycles. The first-order valence-electron chi connectivity index (χ1n) is 7.28. The molecule has 1 aromatic carbocycles. The summed E-state index contributed by atoms with van der Waals surface area (Å²) in [6.07, 6.45) is 4.23. The van der Waals surface area contributed by atoms with E-state index in [0.29, 0.717) is 6.54 Å². The lowest BCUT2D eigenvalue weighted by Crippen LogP contribution is -2.02. The van der Waals surface area contributed by atoms with E-state index in [4.69, 9.17) is 4.42 Å². The molecule has 0 saturated carbocycles. The van der Waals surface area contributed by atoms with E-state index in [1.165, 1.54) is 11.9 Å². The lowest BCUT2D eigenvalue weighted by molar-refractivity contribution is 0.518. The maximum Gasteiger partial charge on any atom is 0.135 e. The Morgan fingerprint density at radius 3 is 2.59 bits per heavy atom. The van der Waals surface area contributed by atoms with Crippen molar-refractivity contribution in [3.63, 3.8) is 0 Å². The van der Waals surface area contributed by atoms with E-state index in [0.717, 1.165) is 29.5 Å². The molecular weight excluding hydrogens is 276 g/mol. The highest BCUT2D eigenvalue weighted by atomic mass is 16.3. The van der Waals surface area contributed by atoms with Crippen LogP contribution >= 0.6 is 0 Å². The number of nitrogens with zero attached hydrogens (tertiary/aromatic N) is 2. The molecule has 2 heterocycles. The van der Waals surface area contributed by atoms with E-state index in [9.17, 15) is 0 Å². The molecule has 0 saturated heterocycles. The standard InChI is InChI=1S/C17H18N4O/c1-2-13-5-7-14(8-6-13)21-17-10-16(19-12-20-17)18-11-15-4-3-9-22-15/h3-10,12H,2,11H2,1H3,(H2,18,19,20,21). The predicted molar refractivity (Wildman–Crippen MR) is 87.2 cm³/mol. The molecule has 3 aromatic rings. The number of anilines is 3.